The summed E-state index contributed by atoms with van der Waals surface area (Å²) in [5.74, 6) is 2.20. The second-order valence-corrected chi connectivity index (χ2v) is 9.92. The van der Waals surface area contributed by atoms with E-state index in [0.717, 1.165) is 72.7 Å². The molecule has 0 unspecified atom stereocenters. The molecule has 2 fully saturated rings. The number of likely N-dealkylation sites (tertiary alicyclic amines) is 2. The standard InChI is InChI=1S/C28H35N5O2/c1-20-6-7-27(35-20)26-17-24(30-22-8-13-32(2)14-9-22)23-16-21(19-29)28(18-25(23)31-26)34-15-5-12-33-10-3-4-11-33/h6-7,16-18,22H,3-5,8-15H2,1-2H3,(H,30,31). The molecule has 2 aromatic heterocycles. The number of aryl methyl sites for hydroxylation is 1. The summed E-state index contributed by atoms with van der Waals surface area (Å²) in [6.07, 6.45) is 5.70. The van der Waals surface area contributed by atoms with E-state index in [0.29, 0.717) is 24.0 Å². The van der Waals surface area contributed by atoms with Gasteiger partial charge >= 0.3 is 0 Å². The number of aromatic nitrogens is 1. The first-order valence-electron chi connectivity index (χ1n) is 12.8. The Morgan fingerprint density at radius 1 is 1.14 bits per heavy atom. The molecule has 2 saturated heterocycles. The minimum Gasteiger partial charge on any atom is -0.492 e. The van der Waals surface area contributed by atoms with Crippen molar-refractivity contribution in [1.82, 2.24) is 14.8 Å². The lowest BCUT2D eigenvalue weighted by Crippen LogP contribution is -2.36. The van der Waals surface area contributed by atoms with Crippen molar-refractivity contribution < 1.29 is 9.15 Å². The van der Waals surface area contributed by atoms with Gasteiger partial charge in [-0.3, -0.25) is 0 Å². The molecule has 3 aromatic rings. The molecule has 1 N–H and O–H groups in total. The van der Waals surface area contributed by atoms with E-state index >= 15 is 0 Å². The van der Waals surface area contributed by atoms with Crippen molar-refractivity contribution in [2.75, 3.05) is 51.7 Å². The quantitative estimate of drug-likeness (QED) is 0.459. The molecule has 5 rings (SSSR count). The van der Waals surface area contributed by atoms with Crippen molar-refractivity contribution >= 4 is 16.6 Å². The van der Waals surface area contributed by atoms with Crippen LogP contribution in [0.15, 0.2) is 34.7 Å². The number of nitrogens with one attached hydrogen (secondary N) is 1. The number of hydrogen-bond donors (Lipinski definition) is 1. The lowest BCUT2D eigenvalue weighted by molar-refractivity contribution is 0.263. The van der Waals surface area contributed by atoms with Crippen LogP contribution in [-0.4, -0.2) is 67.2 Å². The van der Waals surface area contributed by atoms with Crippen molar-refractivity contribution in [2.24, 2.45) is 0 Å². The van der Waals surface area contributed by atoms with E-state index in [1.54, 1.807) is 0 Å². The van der Waals surface area contributed by atoms with Gasteiger partial charge in [0.2, 0.25) is 0 Å². The number of furan rings is 1. The molecule has 0 radical (unpaired) electrons. The van der Waals surface area contributed by atoms with Crippen LogP contribution in [0, 0.1) is 18.3 Å². The normalized spacial score (nSPS) is 17.6. The smallest absolute Gasteiger partial charge is 0.152 e. The Labute approximate surface area is 207 Å². The van der Waals surface area contributed by atoms with Gasteiger partial charge in [0.15, 0.2) is 5.76 Å². The second kappa shape index (κ2) is 10.7. The first kappa shape index (κ1) is 23.7. The lowest BCUT2D eigenvalue weighted by atomic mass is 10.0. The van der Waals surface area contributed by atoms with E-state index in [2.05, 4.69) is 34.3 Å². The van der Waals surface area contributed by atoms with Crippen molar-refractivity contribution in [1.29, 1.82) is 5.26 Å². The van der Waals surface area contributed by atoms with Crippen LogP contribution in [0.25, 0.3) is 22.4 Å². The molecule has 35 heavy (non-hydrogen) atoms. The molecule has 0 amide bonds. The maximum absolute atomic E-state index is 9.88. The Kier molecular flexibility index (Phi) is 7.21. The highest BCUT2D eigenvalue weighted by atomic mass is 16.5. The molecule has 2 aliphatic heterocycles. The van der Waals surface area contributed by atoms with E-state index in [1.165, 1.54) is 25.9 Å². The minimum atomic E-state index is 0.384. The van der Waals surface area contributed by atoms with Crippen molar-refractivity contribution in [2.45, 2.75) is 45.1 Å². The van der Waals surface area contributed by atoms with Gasteiger partial charge in [-0.1, -0.05) is 0 Å². The van der Waals surface area contributed by atoms with Crippen molar-refractivity contribution in [3.05, 3.63) is 41.7 Å². The van der Waals surface area contributed by atoms with Crippen LogP contribution in [0.4, 0.5) is 5.69 Å². The van der Waals surface area contributed by atoms with Gasteiger partial charge < -0.3 is 24.3 Å². The summed E-state index contributed by atoms with van der Waals surface area (Å²) >= 11 is 0. The third-order valence-corrected chi connectivity index (χ3v) is 7.18. The van der Waals surface area contributed by atoms with Crippen LogP contribution < -0.4 is 10.1 Å². The number of piperidine rings is 1. The first-order chi connectivity index (χ1) is 17.1. The van der Waals surface area contributed by atoms with E-state index < -0.39 is 0 Å². The average molecular weight is 474 g/mol. The summed E-state index contributed by atoms with van der Waals surface area (Å²) < 4.78 is 12.0. The molecular weight excluding hydrogens is 438 g/mol. The van der Waals surface area contributed by atoms with E-state index in [-0.39, 0.29) is 0 Å². The molecular formula is C28H35N5O2. The Bertz CT molecular complexity index is 1200. The van der Waals surface area contributed by atoms with Gasteiger partial charge in [0.05, 0.1) is 17.7 Å². The number of nitrogens with zero attached hydrogens (tertiary/aromatic N) is 4. The second-order valence-electron chi connectivity index (χ2n) is 9.92. The largest absolute Gasteiger partial charge is 0.492 e. The first-order valence-corrected chi connectivity index (χ1v) is 12.8. The van der Waals surface area contributed by atoms with E-state index in [9.17, 15) is 5.26 Å². The molecule has 2 aliphatic rings. The number of rotatable bonds is 8. The summed E-state index contributed by atoms with van der Waals surface area (Å²) in [4.78, 5) is 9.76. The summed E-state index contributed by atoms with van der Waals surface area (Å²) in [5, 5.41) is 14.6. The van der Waals surface area contributed by atoms with Gasteiger partial charge in [0, 0.05) is 29.7 Å². The highest BCUT2D eigenvalue weighted by Gasteiger charge is 2.20. The summed E-state index contributed by atoms with van der Waals surface area (Å²) in [7, 11) is 2.17. The van der Waals surface area contributed by atoms with Crippen molar-refractivity contribution in [3.63, 3.8) is 0 Å². The van der Waals surface area contributed by atoms with Gasteiger partial charge in [0.1, 0.15) is 23.3 Å². The fourth-order valence-electron chi connectivity index (χ4n) is 5.13. The Morgan fingerprint density at radius 2 is 1.94 bits per heavy atom. The third-order valence-electron chi connectivity index (χ3n) is 7.18. The molecule has 0 spiro atoms. The fourth-order valence-corrected chi connectivity index (χ4v) is 5.13. The van der Waals surface area contributed by atoms with Gasteiger partial charge in [-0.15, -0.1) is 0 Å². The van der Waals surface area contributed by atoms with Crippen LogP contribution in [0.5, 0.6) is 5.75 Å². The number of ether oxygens (including phenoxy) is 1. The highest BCUT2D eigenvalue weighted by Crippen LogP contribution is 2.34. The predicted molar refractivity (Wildman–Crippen MR) is 139 cm³/mol. The number of hydrogen-bond acceptors (Lipinski definition) is 7. The monoisotopic (exact) mass is 473 g/mol. The van der Waals surface area contributed by atoms with Crippen LogP contribution in [0.3, 0.4) is 0 Å². The molecule has 0 atom stereocenters. The Hall–Kier alpha value is -3.08. The molecule has 1 aromatic carbocycles. The maximum atomic E-state index is 9.88. The fraction of sp³-hybridized carbons (Fsp3) is 0.500. The van der Waals surface area contributed by atoms with Crippen LogP contribution >= 0.6 is 0 Å². The molecule has 4 heterocycles. The van der Waals surface area contributed by atoms with Crippen molar-refractivity contribution in [3.8, 4) is 23.3 Å². The molecule has 184 valence electrons. The number of fused-ring (bicyclic) bond motifs is 1. The van der Waals surface area contributed by atoms with Crippen LogP contribution in [-0.2, 0) is 0 Å². The predicted octanol–water partition coefficient (Wildman–Crippen LogP) is 5.05. The Morgan fingerprint density at radius 3 is 2.66 bits per heavy atom. The average Bonchev–Trinajstić information content (AvgIpc) is 3.54. The van der Waals surface area contributed by atoms with Crippen LogP contribution in [0.2, 0.25) is 0 Å². The summed E-state index contributed by atoms with van der Waals surface area (Å²) in [6, 6.07) is 12.5. The maximum Gasteiger partial charge on any atom is 0.152 e. The zero-order valence-electron chi connectivity index (χ0n) is 20.8. The van der Waals surface area contributed by atoms with E-state index in [4.69, 9.17) is 14.1 Å². The van der Waals surface area contributed by atoms with Gasteiger partial charge in [-0.05, 0) is 96.5 Å². The SMILES string of the molecule is Cc1ccc(-c2cc(NC3CCN(C)CC3)c3cc(C#N)c(OCCCN4CCCC4)cc3n2)o1. The number of nitriles is 1. The summed E-state index contributed by atoms with van der Waals surface area (Å²) in [5.41, 5.74) is 3.13. The topological polar surface area (TPSA) is 77.6 Å². The molecule has 7 nitrogen and oxygen atoms in total. The zero-order valence-corrected chi connectivity index (χ0v) is 20.8. The minimum absolute atomic E-state index is 0.384. The van der Waals surface area contributed by atoms with Gasteiger partial charge in [0.25, 0.3) is 0 Å². The number of benzene rings is 1. The molecule has 7 heteroatoms. The molecule has 0 saturated carbocycles. The highest BCUT2D eigenvalue weighted by molar-refractivity contribution is 5.95. The molecule has 0 aliphatic carbocycles. The lowest BCUT2D eigenvalue weighted by Gasteiger charge is -2.30. The number of pyridine rings is 1. The molecule has 0 bridgehead atoms. The Balaban J connectivity index is 1.43. The van der Waals surface area contributed by atoms with Gasteiger partial charge in [-0.25, -0.2) is 4.98 Å². The number of anilines is 1. The van der Waals surface area contributed by atoms with E-state index in [1.807, 2.05) is 31.2 Å². The zero-order chi connectivity index (χ0) is 24.2. The summed E-state index contributed by atoms with van der Waals surface area (Å²) in [6.45, 7) is 8.09. The third kappa shape index (κ3) is 5.61. The van der Waals surface area contributed by atoms with Crippen LogP contribution in [0.1, 0.15) is 43.4 Å². The van der Waals surface area contributed by atoms with Gasteiger partial charge in [-0.2, -0.15) is 5.26 Å².